The molecular weight excluding hydrogens is 526 g/mol. The number of anilines is 2. The van der Waals surface area contributed by atoms with Crippen LogP contribution < -0.4 is 21.3 Å². The monoisotopic (exact) mass is 557 g/mol. The number of hydrogen-bond donors (Lipinski definition) is 2. The summed E-state index contributed by atoms with van der Waals surface area (Å²) in [5.41, 5.74) is 8.72. The van der Waals surface area contributed by atoms with Gasteiger partial charge in [-0.25, -0.2) is 9.48 Å². The molecule has 3 aromatic rings. The van der Waals surface area contributed by atoms with E-state index in [0.29, 0.717) is 35.1 Å². The van der Waals surface area contributed by atoms with Crippen molar-refractivity contribution < 1.29 is 14.3 Å². The third-order valence-corrected chi connectivity index (χ3v) is 6.77. The summed E-state index contributed by atoms with van der Waals surface area (Å²) in [7, 11) is 2.93. The normalized spacial score (nSPS) is 13.9. The number of nitrogens with two attached hydrogens (primary N) is 1. The molecule has 0 radical (unpaired) electrons. The van der Waals surface area contributed by atoms with E-state index in [1.165, 1.54) is 17.9 Å². The maximum Gasteiger partial charge on any atom is 0.339 e. The fourth-order valence-corrected chi connectivity index (χ4v) is 4.42. The Hall–Kier alpha value is -3.27. The van der Waals surface area contributed by atoms with Gasteiger partial charge in [-0.15, -0.1) is 0 Å². The van der Waals surface area contributed by atoms with Crippen LogP contribution in [-0.2, 0) is 11.8 Å². The van der Waals surface area contributed by atoms with Gasteiger partial charge in [0.1, 0.15) is 0 Å². The van der Waals surface area contributed by atoms with E-state index in [1.54, 1.807) is 19.3 Å². The number of nitrogen functional groups attached to an aromatic ring is 1. The molecule has 9 nitrogen and oxygen atoms in total. The lowest BCUT2D eigenvalue weighted by Gasteiger charge is -2.16. The van der Waals surface area contributed by atoms with E-state index < -0.39 is 5.97 Å². The number of esters is 1. The smallest absolute Gasteiger partial charge is 0.339 e. The van der Waals surface area contributed by atoms with E-state index in [2.05, 4.69) is 33.3 Å². The molecule has 0 saturated heterocycles. The Balaban J connectivity index is 1.42. The minimum Gasteiger partial charge on any atom is -0.477 e. The molecule has 0 amide bonds. The zero-order chi connectivity index (χ0) is 25.8. The van der Waals surface area contributed by atoms with Gasteiger partial charge in [0.05, 0.1) is 54.0 Å². The van der Waals surface area contributed by atoms with Crippen LogP contribution in [0.4, 0.5) is 11.4 Å². The summed E-state index contributed by atoms with van der Waals surface area (Å²) in [6, 6.07) is 7.60. The number of nitrogens with zero attached hydrogens (tertiary/aromatic N) is 3. The van der Waals surface area contributed by atoms with Crippen LogP contribution in [-0.4, -0.2) is 40.6 Å². The first-order valence-corrected chi connectivity index (χ1v) is 12.9. The molecule has 3 N–H and O–H groups in total. The Kier molecular flexibility index (Phi) is 8.03. The van der Waals surface area contributed by atoms with Crippen molar-refractivity contribution in [3.63, 3.8) is 0 Å². The van der Waals surface area contributed by atoms with Crippen LogP contribution in [0.3, 0.4) is 0 Å². The standard InChI is InChI=1S/C26H32BrN5O4/c1-16(13-29-23-12-18(27)6-9-22(23)28)5-4-10-36-25-21(14-30-32(25)19-7-8-19)20-11-17(26(34)35-3)15-31(2)24(20)33/h6,9,11-12,14-16,19,29H,4-5,7-8,10,13,28H2,1-3H3/t16-/m1/s1. The number of rotatable bonds is 11. The van der Waals surface area contributed by atoms with Crippen LogP contribution in [0.2, 0.25) is 0 Å². The maximum atomic E-state index is 12.9. The van der Waals surface area contributed by atoms with E-state index in [-0.39, 0.29) is 11.6 Å². The fraction of sp³-hybridized carbons (Fsp3) is 0.423. The first-order chi connectivity index (χ1) is 17.3. The molecule has 1 aliphatic carbocycles. The number of carbonyl (C=O) groups is 1. The zero-order valence-corrected chi connectivity index (χ0v) is 22.4. The molecular formula is C26H32BrN5O4. The quantitative estimate of drug-likeness (QED) is 0.201. The molecule has 0 aliphatic heterocycles. The van der Waals surface area contributed by atoms with Crippen molar-refractivity contribution in [3.8, 4) is 17.0 Å². The highest BCUT2D eigenvalue weighted by Gasteiger charge is 2.30. The molecule has 0 unspecified atom stereocenters. The van der Waals surface area contributed by atoms with Gasteiger partial charge in [0.25, 0.3) is 5.56 Å². The maximum absolute atomic E-state index is 12.9. The van der Waals surface area contributed by atoms with E-state index in [4.69, 9.17) is 15.2 Å². The van der Waals surface area contributed by atoms with Crippen molar-refractivity contribution >= 4 is 33.3 Å². The van der Waals surface area contributed by atoms with Crippen molar-refractivity contribution in [1.82, 2.24) is 14.3 Å². The SMILES string of the molecule is COC(=O)c1cc(-c2cnn(C3CC3)c2OCCC[C@@H](C)CNc2cc(Br)ccc2N)c(=O)n(C)c1. The average molecular weight is 558 g/mol. The number of benzene rings is 1. The van der Waals surface area contributed by atoms with Crippen LogP contribution in [0.25, 0.3) is 11.1 Å². The summed E-state index contributed by atoms with van der Waals surface area (Å²) in [6.07, 6.45) is 6.97. The number of methoxy groups -OCH3 is 1. The van der Waals surface area contributed by atoms with Gasteiger partial charge in [-0.3, -0.25) is 4.79 Å². The van der Waals surface area contributed by atoms with Gasteiger partial charge in [0, 0.05) is 24.3 Å². The molecule has 192 valence electrons. The first-order valence-electron chi connectivity index (χ1n) is 12.1. The number of pyridine rings is 1. The molecule has 1 aromatic carbocycles. The fourth-order valence-electron chi connectivity index (χ4n) is 4.06. The molecule has 10 heteroatoms. The van der Waals surface area contributed by atoms with Crippen molar-refractivity contribution in [3.05, 3.63) is 57.0 Å². The molecule has 36 heavy (non-hydrogen) atoms. The summed E-state index contributed by atoms with van der Waals surface area (Å²) >= 11 is 3.48. The molecule has 0 bridgehead atoms. The number of aromatic nitrogens is 3. The number of ether oxygens (including phenoxy) is 2. The Morgan fingerprint density at radius 1 is 1.31 bits per heavy atom. The highest BCUT2D eigenvalue weighted by atomic mass is 79.9. The second-order valence-electron chi connectivity index (χ2n) is 9.30. The van der Waals surface area contributed by atoms with E-state index in [9.17, 15) is 9.59 Å². The van der Waals surface area contributed by atoms with Crippen LogP contribution in [0.1, 0.15) is 49.0 Å². The van der Waals surface area contributed by atoms with Gasteiger partial charge in [-0.1, -0.05) is 22.9 Å². The van der Waals surface area contributed by atoms with Crippen molar-refractivity contribution in [2.24, 2.45) is 13.0 Å². The lowest BCUT2D eigenvalue weighted by molar-refractivity contribution is 0.0599. The molecule has 2 aromatic heterocycles. The van der Waals surface area contributed by atoms with Crippen molar-refractivity contribution in [1.29, 1.82) is 0 Å². The largest absolute Gasteiger partial charge is 0.477 e. The second kappa shape index (κ2) is 11.2. The van der Waals surface area contributed by atoms with Gasteiger partial charge in [0.2, 0.25) is 5.88 Å². The lowest BCUT2D eigenvalue weighted by Crippen LogP contribution is -2.21. The topological polar surface area (TPSA) is 113 Å². The Morgan fingerprint density at radius 2 is 2.08 bits per heavy atom. The molecule has 4 rings (SSSR count). The third-order valence-electron chi connectivity index (χ3n) is 6.27. The van der Waals surface area contributed by atoms with Crippen LogP contribution in [0.15, 0.2) is 45.9 Å². The molecule has 0 spiro atoms. The molecule has 1 aliphatic rings. The van der Waals surface area contributed by atoms with Crippen LogP contribution in [0, 0.1) is 5.92 Å². The Bertz CT molecular complexity index is 1300. The first kappa shape index (κ1) is 25.8. The number of halogens is 1. The number of carbonyl (C=O) groups excluding carboxylic acids is 1. The highest BCUT2D eigenvalue weighted by molar-refractivity contribution is 9.10. The summed E-state index contributed by atoms with van der Waals surface area (Å²) in [5.74, 6) is 0.476. The Labute approximate surface area is 218 Å². The van der Waals surface area contributed by atoms with Crippen molar-refractivity contribution in [2.45, 2.75) is 38.6 Å². The number of aryl methyl sites for hydroxylation is 1. The van der Waals surface area contributed by atoms with Gasteiger partial charge in [-0.2, -0.15) is 5.10 Å². The minimum atomic E-state index is -0.504. The van der Waals surface area contributed by atoms with E-state index in [0.717, 1.165) is 48.1 Å². The minimum absolute atomic E-state index is 0.227. The van der Waals surface area contributed by atoms with Crippen LogP contribution >= 0.6 is 15.9 Å². The summed E-state index contributed by atoms with van der Waals surface area (Å²) in [4.78, 5) is 25.1. The van der Waals surface area contributed by atoms with Gasteiger partial charge in [0.15, 0.2) is 0 Å². The lowest BCUT2D eigenvalue weighted by atomic mass is 10.1. The molecule has 1 fully saturated rings. The van der Waals surface area contributed by atoms with Crippen LogP contribution in [0.5, 0.6) is 5.88 Å². The second-order valence-corrected chi connectivity index (χ2v) is 10.2. The molecule has 2 heterocycles. The Morgan fingerprint density at radius 3 is 2.81 bits per heavy atom. The van der Waals surface area contributed by atoms with E-state index in [1.807, 2.05) is 22.9 Å². The summed E-state index contributed by atoms with van der Waals surface area (Å²) < 4.78 is 15.3. The average Bonchev–Trinajstić information content (AvgIpc) is 3.63. The zero-order valence-electron chi connectivity index (χ0n) is 20.8. The summed E-state index contributed by atoms with van der Waals surface area (Å²) in [6.45, 7) is 3.47. The molecule has 1 saturated carbocycles. The van der Waals surface area contributed by atoms with Gasteiger partial charge < -0.3 is 25.1 Å². The van der Waals surface area contributed by atoms with Crippen molar-refractivity contribution in [2.75, 3.05) is 31.3 Å². The predicted octanol–water partition coefficient (Wildman–Crippen LogP) is 4.62. The van der Waals surface area contributed by atoms with Gasteiger partial charge >= 0.3 is 5.97 Å². The summed E-state index contributed by atoms with van der Waals surface area (Å²) in [5, 5.41) is 7.93. The predicted molar refractivity (Wildman–Crippen MR) is 143 cm³/mol. The highest BCUT2D eigenvalue weighted by Crippen LogP contribution is 2.41. The third kappa shape index (κ3) is 5.92. The van der Waals surface area contributed by atoms with Gasteiger partial charge in [-0.05, 0) is 55.9 Å². The molecule has 1 atom stereocenters. The number of hydrogen-bond acceptors (Lipinski definition) is 7. The van der Waals surface area contributed by atoms with E-state index >= 15 is 0 Å². The number of nitrogens with one attached hydrogen (secondary N) is 1.